The number of ether oxygens (including phenoxy) is 1. The van der Waals surface area contributed by atoms with Gasteiger partial charge in [-0.05, 0) is 121 Å². The second-order valence-corrected chi connectivity index (χ2v) is 21.9. The lowest BCUT2D eigenvalue weighted by Crippen LogP contribution is -2.60. The maximum Gasteiger partial charge on any atom is 0.256 e. The van der Waals surface area contributed by atoms with Crippen LogP contribution < -0.4 is 30.9 Å². The van der Waals surface area contributed by atoms with Crippen molar-refractivity contribution in [2.45, 2.75) is 105 Å². The molecule has 0 fully saturated rings. The smallest absolute Gasteiger partial charge is 0.256 e. The van der Waals surface area contributed by atoms with Gasteiger partial charge < -0.3 is 19.0 Å². The highest BCUT2D eigenvalue weighted by atomic mass is 16.5. The maximum absolute atomic E-state index is 9.34. The second-order valence-electron chi connectivity index (χ2n) is 21.9. The average molecular weight is 828 g/mol. The highest BCUT2D eigenvalue weighted by molar-refractivity contribution is 6.99. The molecule has 0 atom stereocenters. The van der Waals surface area contributed by atoms with Crippen molar-refractivity contribution in [1.82, 2.24) is 0 Å². The number of fused-ring (bicyclic) bond motifs is 7. The van der Waals surface area contributed by atoms with Gasteiger partial charge in [-0.2, -0.15) is 0 Å². The van der Waals surface area contributed by atoms with Crippen LogP contribution in [0.1, 0.15) is 107 Å². The highest BCUT2D eigenvalue weighted by Crippen LogP contribution is 2.53. The molecule has 0 radical (unpaired) electrons. The van der Waals surface area contributed by atoms with E-state index in [0.29, 0.717) is 6.04 Å². The molecule has 5 heteroatoms. The fraction of sp³-hybridized carbons (Fsp3) is 0.276. The number of hydrogen-bond donors (Lipinski definition) is 0. The molecule has 0 aliphatic carbocycles. The number of para-hydroxylation sites is 1. The van der Waals surface area contributed by atoms with E-state index < -0.39 is 0 Å². The summed E-state index contributed by atoms with van der Waals surface area (Å²) < 4.78 is 23.4. The van der Waals surface area contributed by atoms with Crippen LogP contribution in [0.3, 0.4) is 0 Å². The van der Waals surface area contributed by atoms with Crippen LogP contribution in [0.4, 0.5) is 34.1 Å². The van der Waals surface area contributed by atoms with Gasteiger partial charge in [0, 0.05) is 33.5 Å². The molecule has 2 aliphatic rings. The number of furan rings is 1. The minimum atomic E-state index is -0.207. The zero-order valence-electron chi connectivity index (χ0n) is 40.0. The SMILES string of the molecule is [2H]c1cc2c3c(c1)N(c1ccc(C(C)(C)C)cc1)c1c(cc4c(oc5ccccc54)c1N(c1ccc(C(C)(C)C)cc1)c1ccc(C(C)(C)C)cc1)B3c1cc(C(C)(C)C)ccc1O2. The van der Waals surface area contributed by atoms with E-state index in [4.69, 9.17) is 9.15 Å². The van der Waals surface area contributed by atoms with Gasteiger partial charge >= 0.3 is 0 Å². The summed E-state index contributed by atoms with van der Waals surface area (Å²) in [4.78, 5) is 4.81. The van der Waals surface area contributed by atoms with Gasteiger partial charge in [-0.25, -0.2) is 0 Å². The molecule has 0 unspecified atom stereocenters. The Kier molecular flexibility index (Phi) is 8.91. The van der Waals surface area contributed by atoms with Crippen LogP contribution in [0.25, 0.3) is 21.9 Å². The summed E-state index contributed by atoms with van der Waals surface area (Å²) in [6.07, 6.45) is 0. The van der Waals surface area contributed by atoms with Crippen molar-refractivity contribution < 1.29 is 10.5 Å². The molecular weight excluding hydrogens is 767 g/mol. The van der Waals surface area contributed by atoms with Crippen molar-refractivity contribution in [1.29, 1.82) is 0 Å². The Morgan fingerprint density at radius 1 is 0.524 bits per heavy atom. The summed E-state index contributed by atoms with van der Waals surface area (Å²) in [5.41, 5.74) is 15.8. The van der Waals surface area contributed by atoms with Crippen molar-refractivity contribution in [2.75, 3.05) is 9.80 Å². The van der Waals surface area contributed by atoms with Gasteiger partial charge in [0.2, 0.25) is 0 Å². The van der Waals surface area contributed by atoms with Gasteiger partial charge in [-0.15, -0.1) is 0 Å². The van der Waals surface area contributed by atoms with E-state index in [1.165, 1.54) is 22.3 Å². The van der Waals surface area contributed by atoms with Crippen molar-refractivity contribution >= 4 is 79.2 Å². The molecule has 316 valence electrons. The van der Waals surface area contributed by atoms with Crippen molar-refractivity contribution in [2.24, 2.45) is 0 Å². The largest absolute Gasteiger partial charge is 0.458 e. The average Bonchev–Trinajstić information content (AvgIpc) is 3.61. The molecule has 2 aliphatic heterocycles. The topological polar surface area (TPSA) is 28.9 Å². The number of hydrogen-bond acceptors (Lipinski definition) is 4. The van der Waals surface area contributed by atoms with Crippen molar-refractivity contribution in [3.8, 4) is 11.5 Å². The molecule has 0 saturated heterocycles. The van der Waals surface area contributed by atoms with Crippen molar-refractivity contribution in [3.63, 3.8) is 0 Å². The van der Waals surface area contributed by atoms with Crippen LogP contribution in [0.15, 0.2) is 144 Å². The van der Waals surface area contributed by atoms with E-state index in [-0.39, 0.29) is 28.4 Å². The molecule has 0 bridgehead atoms. The van der Waals surface area contributed by atoms with Crippen LogP contribution in [-0.2, 0) is 21.7 Å². The standard InChI is InChI=1S/C58H59BN2O2/c1-55(2,3)36-20-27-40(28-21-36)60(41-29-22-37(23-30-41)56(4,5)6)53-52-46(35-44-43-16-13-14-18-48(43)63-54(44)53)59-45-34-39(58(10,11)12)26-33-49(45)62-50-19-15-17-47(51(50)59)61(52)42-31-24-38(25-32-42)57(7,8)9/h13-35H,1-12H3/i15D. The van der Waals surface area contributed by atoms with E-state index >= 15 is 0 Å². The van der Waals surface area contributed by atoms with Gasteiger partial charge in [0.15, 0.2) is 5.58 Å². The lowest BCUT2D eigenvalue weighted by molar-refractivity contribution is 0.486. The summed E-state index contributed by atoms with van der Waals surface area (Å²) >= 11 is 0. The molecule has 0 spiro atoms. The van der Waals surface area contributed by atoms with E-state index in [1.807, 2.05) is 12.1 Å². The molecule has 3 heterocycles. The Hall–Kier alpha value is -6.20. The quantitative estimate of drug-likeness (QED) is 0.165. The van der Waals surface area contributed by atoms with Gasteiger partial charge in [0.1, 0.15) is 22.8 Å². The minimum absolute atomic E-state index is 0.0244. The Morgan fingerprint density at radius 3 is 1.63 bits per heavy atom. The Bertz CT molecular complexity index is 3060. The molecule has 7 aromatic carbocycles. The van der Waals surface area contributed by atoms with E-state index in [1.54, 1.807) is 0 Å². The fourth-order valence-corrected chi connectivity index (χ4v) is 9.61. The molecule has 0 saturated carbocycles. The van der Waals surface area contributed by atoms with E-state index in [0.717, 1.165) is 84.0 Å². The maximum atomic E-state index is 9.34. The molecule has 8 aromatic rings. The summed E-state index contributed by atoms with van der Waals surface area (Å²) in [7, 11) is 0. The summed E-state index contributed by atoms with van der Waals surface area (Å²) in [6, 6.07) is 49.0. The van der Waals surface area contributed by atoms with Gasteiger partial charge in [-0.1, -0.05) is 162 Å². The lowest BCUT2D eigenvalue weighted by atomic mass is 9.34. The molecule has 4 nitrogen and oxygen atoms in total. The minimum Gasteiger partial charge on any atom is -0.458 e. The summed E-state index contributed by atoms with van der Waals surface area (Å²) in [5, 5.41) is 2.12. The van der Waals surface area contributed by atoms with Gasteiger partial charge in [-0.3, -0.25) is 0 Å². The first kappa shape index (κ1) is 39.6. The molecule has 0 amide bonds. The zero-order chi connectivity index (χ0) is 45.2. The normalized spacial score (nSPS) is 14.0. The summed E-state index contributed by atoms with van der Waals surface area (Å²) in [6.45, 7) is 27.0. The first-order chi connectivity index (χ1) is 30.2. The first-order valence-electron chi connectivity index (χ1n) is 23.0. The Labute approximate surface area is 376 Å². The first-order valence-corrected chi connectivity index (χ1v) is 22.5. The van der Waals surface area contributed by atoms with Crippen LogP contribution in [-0.4, -0.2) is 6.71 Å². The lowest BCUT2D eigenvalue weighted by Gasteiger charge is -2.42. The fourth-order valence-electron chi connectivity index (χ4n) is 9.61. The summed E-state index contributed by atoms with van der Waals surface area (Å²) in [5.74, 6) is 1.54. The van der Waals surface area contributed by atoms with Crippen molar-refractivity contribution in [3.05, 3.63) is 162 Å². The molecular formula is C58H59BN2O2. The van der Waals surface area contributed by atoms with Crippen LogP contribution in [0.2, 0.25) is 0 Å². The number of nitrogens with zero attached hydrogens (tertiary/aromatic N) is 2. The second kappa shape index (κ2) is 14.2. The molecule has 0 N–H and O–H groups in total. The van der Waals surface area contributed by atoms with E-state index in [9.17, 15) is 1.37 Å². The predicted octanol–water partition coefficient (Wildman–Crippen LogP) is 14.7. The van der Waals surface area contributed by atoms with Crippen LogP contribution in [0, 0.1) is 0 Å². The molecule has 1 aromatic heterocycles. The number of benzene rings is 7. The predicted molar refractivity (Wildman–Crippen MR) is 269 cm³/mol. The highest BCUT2D eigenvalue weighted by Gasteiger charge is 2.45. The van der Waals surface area contributed by atoms with Crippen LogP contribution in [0.5, 0.6) is 11.5 Å². The number of rotatable bonds is 4. The third-order valence-electron chi connectivity index (χ3n) is 13.3. The van der Waals surface area contributed by atoms with E-state index in [2.05, 4.69) is 214 Å². The Balaban J connectivity index is 1.39. The zero-order valence-corrected chi connectivity index (χ0v) is 39.0. The monoisotopic (exact) mass is 827 g/mol. The third kappa shape index (κ3) is 6.83. The number of anilines is 6. The van der Waals surface area contributed by atoms with Gasteiger partial charge in [0.05, 0.1) is 7.06 Å². The Morgan fingerprint density at radius 2 is 1.06 bits per heavy atom. The third-order valence-corrected chi connectivity index (χ3v) is 13.3. The van der Waals surface area contributed by atoms with Gasteiger partial charge in [0.25, 0.3) is 6.71 Å². The molecule has 10 rings (SSSR count). The molecule has 63 heavy (non-hydrogen) atoms. The van der Waals surface area contributed by atoms with Crippen LogP contribution >= 0.6 is 0 Å².